The number of hydrogen-bond acceptors (Lipinski definition) is 0. The minimum atomic E-state index is 0. The van der Waals surface area contributed by atoms with Gasteiger partial charge in [-0.05, 0) is 5.92 Å². The standard InChI is InChI=1S/C8H16.2C2H6.B/c1-2-8-6-4-3-5-7-8;2*1-2;/h8H,2-7H2,1H3;2*1-2H3;. The predicted octanol–water partition coefficient (Wildman–Crippen LogP) is 4.65. The first kappa shape index (κ1) is 18.8. The molecule has 0 N–H and O–H groups in total. The molecule has 0 amide bonds. The summed E-state index contributed by atoms with van der Waals surface area (Å²) in [6.07, 6.45) is 8.93. The van der Waals surface area contributed by atoms with Gasteiger partial charge in [0.2, 0.25) is 0 Å². The summed E-state index contributed by atoms with van der Waals surface area (Å²) >= 11 is 0. The fourth-order valence-electron chi connectivity index (χ4n) is 1.60. The summed E-state index contributed by atoms with van der Waals surface area (Å²) in [5, 5.41) is 0. The number of hydrogen-bond donors (Lipinski definition) is 0. The smallest absolute Gasteiger partial charge is 0 e. The highest BCUT2D eigenvalue weighted by Gasteiger charge is 2.09. The highest BCUT2D eigenvalue weighted by atomic mass is 14.2. The molecule has 1 rings (SSSR count). The molecule has 0 saturated heterocycles. The van der Waals surface area contributed by atoms with Crippen molar-refractivity contribution < 1.29 is 0 Å². The topological polar surface area (TPSA) is 0 Å². The molecule has 1 saturated carbocycles. The molecular weight excluding hydrogens is 155 g/mol. The highest BCUT2D eigenvalue weighted by Crippen LogP contribution is 2.25. The van der Waals surface area contributed by atoms with E-state index in [1.54, 1.807) is 0 Å². The average Bonchev–Trinajstić information content (AvgIpc) is 2.25. The first-order valence-electron chi connectivity index (χ1n) is 5.93. The summed E-state index contributed by atoms with van der Waals surface area (Å²) in [5.41, 5.74) is 0. The van der Waals surface area contributed by atoms with Crippen molar-refractivity contribution in [3.05, 3.63) is 0 Å². The fraction of sp³-hybridized carbons (Fsp3) is 1.00. The Bertz CT molecular complexity index is 56.1. The molecule has 79 valence electrons. The van der Waals surface area contributed by atoms with Crippen molar-refractivity contribution in [3.63, 3.8) is 0 Å². The van der Waals surface area contributed by atoms with E-state index in [1.807, 2.05) is 27.7 Å². The summed E-state index contributed by atoms with van der Waals surface area (Å²) in [4.78, 5) is 0. The van der Waals surface area contributed by atoms with Crippen LogP contribution >= 0.6 is 0 Å². The summed E-state index contributed by atoms with van der Waals surface area (Å²) < 4.78 is 0. The van der Waals surface area contributed by atoms with Crippen molar-refractivity contribution in [3.8, 4) is 0 Å². The minimum Gasteiger partial charge on any atom is -0.0683 e. The molecule has 0 spiro atoms. The van der Waals surface area contributed by atoms with E-state index in [9.17, 15) is 0 Å². The van der Waals surface area contributed by atoms with Crippen LogP contribution in [0.3, 0.4) is 0 Å². The van der Waals surface area contributed by atoms with Gasteiger partial charge in [0.05, 0.1) is 0 Å². The van der Waals surface area contributed by atoms with Gasteiger partial charge in [0.15, 0.2) is 0 Å². The van der Waals surface area contributed by atoms with Gasteiger partial charge in [-0.25, -0.2) is 0 Å². The summed E-state index contributed by atoms with van der Waals surface area (Å²) in [6, 6.07) is 0. The molecule has 0 aromatic rings. The zero-order valence-corrected chi connectivity index (χ0v) is 10.4. The van der Waals surface area contributed by atoms with Crippen LogP contribution in [0.5, 0.6) is 0 Å². The molecule has 0 aromatic carbocycles. The van der Waals surface area contributed by atoms with Crippen LogP contribution in [0, 0.1) is 5.92 Å². The predicted molar refractivity (Wildman–Crippen MR) is 65.3 cm³/mol. The highest BCUT2D eigenvalue weighted by molar-refractivity contribution is 5.75. The second-order valence-corrected chi connectivity index (χ2v) is 2.91. The molecule has 1 fully saturated rings. The molecule has 0 aliphatic heterocycles. The third kappa shape index (κ3) is 12.1. The van der Waals surface area contributed by atoms with E-state index in [-0.39, 0.29) is 8.41 Å². The molecular formula is C12H28B. The Morgan fingerprint density at radius 1 is 0.846 bits per heavy atom. The van der Waals surface area contributed by atoms with Gasteiger partial charge in [0.1, 0.15) is 0 Å². The second kappa shape index (κ2) is 18.0. The van der Waals surface area contributed by atoms with Gasteiger partial charge in [-0.3, -0.25) is 0 Å². The first-order chi connectivity index (χ1) is 5.93. The maximum atomic E-state index is 2.32. The molecule has 1 aliphatic carbocycles. The molecule has 13 heavy (non-hydrogen) atoms. The van der Waals surface area contributed by atoms with Crippen molar-refractivity contribution in [2.24, 2.45) is 5.92 Å². The van der Waals surface area contributed by atoms with Crippen LogP contribution in [0.1, 0.15) is 73.1 Å². The third-order valence-corrected chi connectivity index (χ3v) is 2.30. The molecule has 1 heteroatoms. The maximum Gasteiger partial charge on any atom is 0 e. The monoisotopic (exact) mass is 183 g/mol. The van der Waals surface area contributed by atoms with Crippen LogP contribution in [0.2, 0.25) is 0 Å². The molecule has 3 radical (unpaired) electrons. The lowest BCUT2D eigenvalue weighted by Gasteiger charge is -2.18. The largest absolute Gasteiger partial charge is 0.0683 e. The van der Waals surface area contributed by atoms with Gasteiger partial charge in [0, 0.05) is 8.41 Å². The van der Waals surface area contributed by atoms with Crippen LogP contribution in [0.15, 0.2) is 0 Å². The average molecular weight is 183 g/mol. The van der Waals surface area contributed by atoms with E-state index in [4.69, 9.17) is 0 Å². The molecule has 0 bridgehead atoms. The van der Waals surface area contributed by atoms with E-state index < -0.39 is 0 Å². The van der Waals surface area contributed by atoms with Crippen LogP contribution in [0.4, 0.5) is 0 Å². The first-order valence-corrected chi connectivity index (χ1v) is 5.93. The van der Waals surface area contributed by atoms with Gasteiger partial charge in [-0.15, -0.1) is 0 Å². The van der Waals surface area contributed by atoms with Gasteiger partial charge in [-0.1, -0.05) is 73.1 Å². The molecule has 0 atom stereocenters. The Balaban J connectivity index is -0.000000178. The Kier molecular flexibility index (Phi) is 26.0. The Hall–Kier alpha value is 0.0649. The van der Waals surface area contributed by atoms with Crippen molar-refractivity contribution in [1.29, 1.82) is 0 Å². The van der Waals surface area contributed by atoms with Crippen molar-refractivity contribution in [2.75, 3.05) is 0 Å². The lowest BCUT2D eigenvalue weighted by atomic mass is 9.88. The summed E-state index contributed by atoms with van der Waals surface area (Å²) in [7, 11) is 0. The molecule has 0 heterocycles. The van der Waals surface area contributed by atoms with Crippen molar-refractivity contribution >= 4 is 8.41 Å². The van der Waals surface area contributed by atoms with E-state index in [2.05, 4.69) is 6.92 Å². The Labute approximate surface area is 88.1 Å². The van der Waals surface area contributed by atoms with Gasteiger partial charge in [-0.2, -0.15) is 0 Å². The minimum absolute atomic E-state index is 0. The van der Waals surface area contributed by atoms with Crippen LogP contribution < -0.4 is 0 Å². The fourth-order valence-corrected chi connectivity index (χ4v) is 1.60. The Morgan fingerprint density at radius 3 is 1.46 bits per heavy atom. The van der Waals surface area contributed by atoms with E-state index in [0.717, 1.165) is 5.92 Å². The zero-order chi connectivity index (χ0) is 9.82. The molecule has 0 aromatic heterocycles. The van der Waals surface area contributed by atoms with Crippen LogP contribution in [-0.2, 0) is 0 Å². The molecule has 1 aliphatic rings. The van der Waals surface area contributed by atoms with Crippen LogP contribution in [0.25, 0.3) is 0 Å². The summed E-state index contributed by atoms with van der Waals surface area (Å²) in [6.45, 7) is 10.3. The van der Waals surface area contributed by atoms with Gasteiger partial charge in [0.25, 0.3) is 0 Å². The lowest BCUT2D eigenvalue weighted by molar-refractivity contribution is 0.349. The molecule has 0 unspecified atom stereocenters. The number of rotatable bonds is 1. The van der Waals surface area contributed by atoms with Crippen molar-refractivity contribution in [2.45, 2.75) is 73.1 Å². The third-order valence-electron chi connectivity index (χ3n) is 2.30. The maximum absolute atomic E-state index is 2.32. The lowest BCUT2D eigenvalue weighted by Crippen LogP contribution is -2.03. The quantitative estimate of drug-likeness (QED) is 0.519. The normalized spacial score (nSPS) is 15.5. The van der Waals surface area contributed by atoms with Gasteiger partial charge >= 0.3 is 0 Å². The van der Waals surface area contributed by atoms with E-state index in [1.165, 1.54) is 38.5 Å². The summed E-state index contributed by atoms with van der Waals surface area (Å²) in [5.74, 6) is 1.09. The van der Waals surface area contributed by atoms with Gasteiger partial charge < -0.3 is 0 Å². The van der Waals surface area contributed by atoms with E-state index >= 15 is 0 Å². The van der Waals surface area contributed by atoms with E-state index in [0.29, 0.717) is 0 Å². The SMILES string of the molecule is CC.CC.CCC1CCCCC1.[B]. The second-order valence-electron chi connectivity index (χ2n) is 2.91. The zero-order valence-electron chi connectivity index (χ0n) is 10.4. The van der Waals surface area contributed by atoms with Crippen LogP contribution in [-0.4, -0.2) is 8.41 Å². The molecule has 0 nitrogen and oxygen atoms in total. The Morgan fingerprint density at radius 2 is 1.23 bits per heavy atom. The van der Waals surface area contributed by atoms with Crippen molar-refractivity contribution in [1.82, 2.24) is 0 Å².